The van der Waals surface area contributed by atoms with Gasteiger partial charge in [-0.2, -0.15) is 0 Å². The Kier molecular flexibility index (Phi) is 5.95. The molecule has 182 valence electrons. The lowest BCUT2D eigenvalue weighted by Crippen LogP contribution is -2.46. The van der Waals surface area contributed by atoms with E-state index >= 15 is 0 Å². The fraction of sp³-hybridized carbons (Fsp3) is 0.241. The summed E-state index contributed by atoms with van der Waals surface area (Å²) in [6.07, 6.45) is 0. The molecule has 0 aliphatic carbocycles. The number of hydrogen-bond acceptors (Lipinski definition) is 6. The highest BCUT2D eigenvalue weighted by atomic mass is 32.1. The summed E-state index contributed by atoms with van der Waals surface area (Å²) >= 11 is 1.63. The summed E-state index contributed by atoms with van der Waals surface area (Å²) in [5.74, 6) is 0.471. The van der Waals surface area contributed by atoms with Crippen LogP contribution in [0.15, 0.2) is 72.8 Å². The van der Waals surface area contributed by atoms with Crippen molar-refractivity contribution in [3.8, 4) is 5.75 Å². The molecule has 7 heteroatoms. The predicted molar refractivity (Wildman–Crippen MR) is 143 cm³/mol. The second kappa shape index (κ2) is 9.41. The van der Waals surface area contributed by atoms with Crippen LogP contribution in [0.3, 0.4) is 0 Å². The van der Waals surface area contributed by atoms with Crippen molar-refractivity contribution in [3.63, 3.8) is 0 Å². The van der Waals surface area contributed by atoms with Gasteiger partial charge < -0.3 is 9.64 Å². The maximum Gasteiger partial charge on any atom is 0.264 e. The number of thiophene rings is 1. The molecular weight excluding hydrogens is 470 g/mol. The van der Waals surface area contributed by atoms with Crippen molar-refractivity contribution in [2.45, 2.75) is 13.1 Å². The first-order valence-corrected chi connectivity index (χ1v) is 13.0. The van der Waals surface area contributed by atoms with E-state index in [0.29, 0.717) is 17.7 Å². The average molecular weight is 498 g/mol. The number of methoxy groups -OCH3 is 1. The van der Waals surface area contributed by atoms with Crippen LogP contribution < -0.4 is 9.64 Å². The molecule has 0 N–H and O–H groups in total. The number of carbonyl (C=O) groups is 2. The molecule has 6 rings (SSSR count). The van der Waals surface area contributed by atoms with Crippen molar-refractivity contribution in [1.82, 2.24) is 9.80 Å². The predicted octanol–water partition coefficient (Wildman–Crippen LogP) is 5.03. The average Bonchev–Trinajstić information content (AvgIpc) is 3.44. The second-order valence-electron chi connectivity index (χ2n) is 9.26. The molecule has 0 radical (unpaired) electrons. The zero-order valence-corrected chi connectivity index (χ0v) is 21.0. The SMILES string of the molecule is COc1ccc(CN2CCN(c3cccc4c3C(=O)N(Cc3cc5ccccc5s3)C4=O)CC2)cc1. The van der Waals surface area contributed by atoms with E-state index in [1.807, 2.05) is 36.4 Å². The highest BCUT2D eigenvalue weighted by Crippen LogP contribution is 2.35. The summed E-state index contributed by atoms with van der Waals surface area (Å²) in [5, 5.41) is 1.14. The van der Waals surface area contributed by atoms with Gasteiger partial charge in [-0.1, -0.05) is 36.4 Å². The Hall–Kier alpha value is -3.68. The van der Waals surface area contributed by atoms with E-state index in [-0.39, 0.29) is 11.8 Å². The van der Waals surface area contributed by atoms with E-state index in [1.165, 1.54) is 10.5 Å². The van der Waals surface area contributed by atoms with E-state index in [0.717, 1.165) is 59.1 Å². The van der Waals surface area contributed by atoms with Crippen LogP contribution in [0.25, 0.3) is 10.1 Å². The maximum absolute atomic E-state index is 13.5. The van der Waals surface area contributed by atoms with Crippen molar-refractivity contribution < 1.29 is 14.3 Å². The van der Waals surface area contributed by atoms with Crippen LogP contribution in [0.4, 0.5) is 5.69 Å². The number of fused-ring (bicyclic) bond motifs is 2. The maximum atomic E-state index is 13.5. The van der Waals surface area contributed by atoms with Crippen LogP contribution in [-0.2, 0) is 13.1 Å². The van der Waals surface area contributed by atoms with Crippen molar-refractivity contribution in [2.75, 3.05) is 38.2 Å². The molecule has 3 heterocycles. The molecule has 2 amide bonds. The van der Waals surface area contributed by atoms with Crippen LogP contribution in [-0.4, -0.2) is 54.9 Å². The molecule has 0 unspecified atom stereocenters. The summed E-state index contributed by atoms with van der Waals surface area (Å²) in [7, 11) is 1.68. The largest absolute Gasteiger partial charge is 0.497 e. The number of carbonyl (C=O) groups excluding carboxylic acids is 2. The van der Waals surface area contributed by atoms with Gasteiger partial charge in [-0.3, -0.25) is 19.4 Å². The molecule has 0 saturated carbocycles. The molecule has 36 heavy (non-hydrogen) atoms. The van der Waals surface area contributed by atoms with E-state index in [9.17, 15) is 9.59 Å². The lowest BCUT2D eigenvalue weighted by atomic mass is 10.1. The fourth-order valence-corrected chi connectivity index (χ4v) is 6.18. The number of piperazine rings is 1. The standard InChI is InChI=1S/C29H27N3O3S/c1-35-22-11-9-20(10-12-22)18-30-13-15-31(16-14-30)25-7-4-6-24-27(25)29(34)32(28(24)33)19-23-17-21-5-2-3-8-26(21)36-23/h2-12,17H,13-16,18-19H2,1H3. The molecule has 3 aromatic carbocycles. The minimum Gasteiger partial charge on any atom is -0.497 e. The third kappa shape index (κ3) is 4.14. The molecule has 0 atom stereocenters. The Morgan fingerprint density at radius 3 is 2.36 bits per heavy atom. The lowest BCUT2D eigenvalue weighted by Gasteiger charge is -2.36. The van der Waals surface area contributed by atoms with E-state index in [2.05, 4.69) is 40.1 Å². The van der Waals surface area contributed by atoms with Gasteiger partial charge in [0.15, 0.2) is 0 Å². The molecular formula is C29H27N3O3S. The second-order valence-corrected chi connectivity index (χ2v) is 10.4. The van der Waals surface area contributed by atoms with Gasteiger partial charge in [0.25, 0.3) is 11.8 Å². The Balaban J connectivity index is 1.16. The Morgan fingerprint density at radius 1 is 0.833 bits per heavy atom. The number of imide groups is 1. The van der Waals surface area contributed by atoms with E-state index < -0.39 is 0 Å². The summed E-state index contributed by atoms with van der Waals surface area (Å²) in [6.45, 7) is 4.59. The Bertz CT molecular complexity index is 1400. The van der Waals surface area contributed by atoms with E-state index in [4.69, 9.17) is 4.74 Å². The van der Waals surface area contributed by atoms with Crippen LogP contribution in [0.1, 0.15) is 31.2 Å². The first-order chi connectivity index (χ1) is 17.6. The van der Waals surface area contributed by atoms with Crippen LogP contribution >= 0.6 is 11.3 Å². The van der Waals surface area contributed by atoms with Gasteiger partial charge in [0.1, 0.15) is 5.75 Å². The normalized spacial score (nSPS) is 16.1. The molecule has 1 saturated heterocycles. The van der Waals surface area contributed by atoms with Gasteiger partial charge in [0.05, 0.1) is 30.5 Å². The fourth-order valence-electron chi connectivity index (χ4n) is 5.13. The van der Waals surface area contributed by atoms with Gasteiger partial charge in [-0.15, -0.1) is 11.3 Å². The molecule has 1 aromatic heterocycles. The molecule has 2 aliphatic rings. The third-order valence-corrected chi connectivity index (χ3v) is 8.15. The lowest BCUT2D eigenvalue weighted by molar-refractivity contribution is 0.0644. The smallest absolute Gasteiger partial charge is 0.264 e. The number of hydrogen-bond donors (Lipinski definition) is 0. The van der Waals surface area contributed by atoms with Gasteiger partial charge in [0, 0.05) is 42.3 Å². The number of benzene rings is 3. The van der Waals surface area contributed by atoms with Gasteiger partial charge in [-0.25, -0.2) is 0 Å². The van der Waals surface area contributed by atoms with Gasteiger partial charge in [-0.05, 0) is 47.3 Å². The van der Waals surface area contributed by atoms with Crippen LogP contribution in [0.5, 0.6) is 5.75 Å². The topological polar surface area (TPSA) is 53.1 Å². The zero-order valence-electron chi connectivity index (χ0n) is 20.1. The number of ether oxygens (including phenoxy) is 1. The molecule has 4 aromatic rings. The summed E-state index contributed by atoms with van der Waals surface area (Å²) in [4.78, 5) is 33.8. The summed E-state index contributed by atoms with van der Waals surface area (Å²) in [5.41, 5.74) is 3.18. The van der Waals surface area contributed by atoms with Crippen molar-refractivity contribution >= 4 is 38.9 Å². The summed E-state index contributed by atoms with van der Waals surface area (Å²) < 4.78 is 6.42. The van der Waals surface area contributed by atoms with Crippen molar-refractivity contribution in [1.29, 1.82) is 0 Å². The monoisotopic (exact) mass is 497 g/mol. The molecule has 0 bridgehead atoms. The molecule has 6 nitrogen and oxygen atoms in total. The number of anilines is 1. The quantitative estimate of drug-likeness (QED) is 0.350. The minimum atomic E-state index is -0.201. The molecule has 0 spiro atoms. The minimum absolute atomic E-state index is 0.191. The molecule has 2 aliphatic heterocycles. The highest BCUT2D eigenvalue weighted by Gasteiger charge is 2.39. The summed E-state index contributed by atoms with van der Waals surface area (Å²) in [6, 6.07) is 24.1. The highest BCUT2D eigenvalue weighted by molar-refractivity contribution is 7.19. The van der Waals surface area contributed by atoms with Gasteiger partial charge in [0.2, 0.25) is 0 Å². The Morgan fingerprint density at radius 2 is 1.61 bits per heavy atom. The van der Waals surface area contributed by atoms with Crippen molar-refractivity contribution in [3.05, 3.63) is 94.4 Å². The number of rotatable bonds is 6. The van der Waals surface area contributed by atoms with Gasteiger partial charge >= 0.3 is 0 Å². The first kappa shape index (κ1) is 22.8. The van der Waals surface area contributed by atoms with Crippen LogP contribution in [0, 0.1) is 0 Å². The number of nitrogens with zero attached hydrogens (tertiary/aromatic N) is 3. The van der Waals surface area contributed by atoms with Crippen LogP contribution in [0.2, 0.25) is 0 Å². The van der Waals surface area contributed by atoms with E-state index in [1.54, 1.807) is 24.5 Å². The zero-order chi connectivity index (χ0) is 24.6. The third-order valence-electron chi connectivity index (χ3n) is 7.05. The molecule has 1 fully saturated rings. The Labute approximate surface area is 214 Å². The first-order valence-electron chi connectivity index (χ1n) is 12.2. The van der Waals surface area contributed by atoms with Crippen molar-refractivity contribution in [2.24, 2.45) is 0 Å². The number of amides is 2.